The Morgan fingerprint density at radius 3 is 2.09 bits per heavy atom. The number of carboxylic acids is 1. The molecule has 1 aromatic carbocycles. The molecule has 6 nitrogen and oxygen atoms in total. The highest BCUT2D eigenvalue weighted by molar-refractivity contribution is 7.84. The van der Waals surface area contributed by atoms with E-state index < -0.39 is 27.2 Å². The molecule has 7 heteroatoms. The molecule has 0 bridgehead atoms. The third-order valence-electron chi connectivity index (χ3n) is 3.24. The number of ether oxygens (including phenoxy) is 2. The summed E-state index contributed by atoms with van der Waals surface area (Å²) < 4.78 is 24.8. The highest BCUT2D eigenvalue weighted by Gasteiger charge is 2.39. The molecule has 0 heterocycles. The second-order valence-electron chi connectivity index (χ2n) is 5.98. The first-order chi connectivity index (χ1) is 10.1. The molecule has 22 heavy (non-hydrogen) atoms. The van der Waals surface area contributed by atoms with Gasteiger partial charge in [-0.1, -0.05) is 6.07 Å². The van der Waals surface area contributed by atoms with E-state index in [1.165, 1.54) is 21.1 Å². The molecule has 0 radical (unpaired) electrons. The van der Waals surface area contributed by atoms with Gasteiger partial charge >= 0.3 is 5.97 Å². The Hall–Kier alpha value is -1.60. The van der Waals surface area contributed by atoms with Gasteiger partial charge in [0.05, 0.1) is 30.0 Å². The monoisotopic (exact) mass is 329 g/mol. The maximum Gasteiger partial charge on any atom is 0.329 e. The fourth-order valence-corrected chi connectivity index (χ4v) is 2.59. The Balaban J connectivity index is 3.31. The Kier molecular flexibility index (Phi) is 5.59. The van der Waals surface area contributed by atoms with Crippen LogP contribution in [0.2, 0.25) is 0 Å². The molecule has 2 N–H and O–H groups in total. The fourth-order valence-electron chi connectivity index (χ4n) is 1.71. The quantitative estimate of drug-likeness (QED) is 0.834. The molecule has 1 aromatic rings. The van der Waals surface area contributed by atoms with Crippen molar-refractivity contribution >= 4 is 17.0 Å². The summed E-state index contributed by atoms with van der Waals surface area (Å²) >= 11 is 0. The van der Waals surface area contributed by atoms with Crippen molar-refractivity contribution in [2.24, 2.45) is 0 Å². The number of carboxylic acid groups (broad SMARTS) is 1. The number of hydrogen-bond donors (Lipinski definition) is 2. The molecular formula is C15H23NO5S. The number of benzene rings is 1. The van der Waals surface area contributed by atoms with Gasteiger partial charge in [-0.05, 0) is 45.4 Å². The van der Waals surface area contributed by atoms with Crippen LogP contribution in [-0.2, 0) is 21.3 Å². The van der Waals surface area contributed by atoms with Gasteiger partial charge < -0.3 is 14.6 Å². The minimum atomic E-state index is -1.55. The molecular weight excluding hydrogens is 306 g/mol. The van der Waals surface area contributed by atoms with Crippen LogP contribution in [0.3, 0.4) is 0 Å². The number of aliphatic carboxylic acids is 1. The van der Waals surface area contributed by atoms with Gasteiger partial charge in [-0.3, -0.25) is 0 Å². The van der Waals surface area contributed by atoms with Gasteiger partial charge in [0.1, 0.15) is 0 Å². The number of methoxy groups -OCH3 is 2. The van der Waals surface area contributed by atoms with Gasteiger partial charge in [-0.25, -0.2) is 13.7 Å². The summed E-state index contributed by atoms with van der Waals surface area (Å²) in [7, 11) is 1.43. The third kappa shape index (κ3) is 3.78. The normalized spacial score (nSPS) is 15.7. The molecule has 0 saturated carbocycles. The Morgan fingerprint density at radius 2 is 1.68 bits per heavy atom. The van der Waals surface area contributed by atoms with Gasteiger partial charge in [0, 0.05) is 0 Å². The zero-order chi connectivity index (χ0) is 17.1. The number of carbonyl (C=O) groups is 1. The Bertz CT molecular complexity index is 582. The van der Waals surface area contributed by atoms with Crippen molar-refractivity contribution in [3.63, 3.8) is 0 Å². The lowest BCUT2D eigenvalue weighted by molar-refractivity contribution is -0.143. The van der Waals surface area contributed by atoms with Crippen molar-refractivity contribution in [2.45, 2.75) is 38.0 Å². The molecule has 0 amide bonds. The van der Waals surface area contributed by atoms with Gasteiger partial charge in [0.2, 0.25) is 0 Å². The fraction of sp³-hybridized carbons (Fsp3) is 0.533. The van der Waals surface area contributed by atoms with E-state index in [-0.39, 0.29) is 0 Å². The highest BCUT2D eigenvalue weighted by atomic mass is 32.2. The van der Waals surface area contributed by atoms with Crippen molar-refractivity contribution in [3.8, 4) is 11.5 Å². The average Bonchev–Trinajstić information content (AvgIpc) is 2.44. The Labute approximate surface area is 133 Å². The van der Waals surface area contributed by atoms with Crippen LogP contribution in [0.1, 0.15) is 33.3 Å². The lowest BCUT2D eigenvalue weighted by Crippen LogP contribution is -2.51. The first-order valence-corrected chi connectivity index (χ1v) is 7.87. The molecule has 0 aliphatic rings. The van der Waals surface area contributed by atoms with Gasteiger partial charge in [-0.2, -0.15) is 0 Å². The molecule has 124 valence electrons. The average molecular weight is 329 g/mol. The summed E-state index contributed by atoms with van der Waals surface area (Å²) in [6.45, 7) is 6.78. The lowest BCUT2D eigenvalue weighted by atomic mass is 9.93. The first kappa shape index (κ1) is 18.4. The van der Waals surface area contributed by atoms with Gasteiger partial charge in [-0.15, -0.1) is 0 Å². The van der Waals surface area contributed by atoms with E-state index in [0.717, 1.165) is 0 Å². The van der Waals surface area contributed by atoms with E-state index in [9.17, 15) is 14.1 Å². The topological polar surface area (TPSA) is 84.9 Å². The van der Waals surface area contributed by atoms with Crippen LogP contribution >= 0.6 is 0 Å². The minimum absolute atomic E-state index is 0.413. The number of rotatable bonds is 6. The van der Waals surface area contributed by atoms with Gasteiger partial charge in [0.25, 0.3) is 0 Å². The SMILES string of the molecule is COc1ccc(C(C)(NS(=O)C(C)(C)C)C(=O)O)cc1OC. The summed E-state index contributed by atoms with van der Waals surface area (Å²) in [4.78, 5) is 11.8. The van der Waals surface area contributed by atoms with Crippen molar-refractivity contribution in [3.05, 3.63) is 23.8 Å². The predicted molar refractivity (Wildman–Crippen MR) is 85.6 cm³/mol. The molecule has 0 aliphatic heterocycles. The van der Waals surface area contributed by atoms with Crippen LogP contribution in [0.25, 0.3) is 0 Å². The summed E-state index contributed by atoms with van der Waals surface area (Å²) in [5, 5.41) is 9.62. The summed E-state index contributed by atoms with van der Waals surface area (Å²) in [5.74, 6) is -0.218. The zero-order valence-electron chi connectivity index (χ0n) is 13.7. The lowest BCUT2D eigenvalue weighted by Gasteiger charge is -2.30. The second kappa shape index (κ2) is 6.66. The smallest absolute Gasteiger partial charge is 0.329 e. The largest absolute Gasteiger partial charge is 0.493 e. The Morgan fingerprint density at radius 1 is 1.14 bits per heavy atom. The van der Waals surface area contributed by atoms with Crippen LogP contribution in [0.4, 0.5) is 0 Å². The standard InChI is InChI=1S/C15H23NO5S/c1-14(2,3)22(19)16-15(4,13(17)18)10-7-8-11(20-5)12(9-10)21-6/h7-9,16H,1-6H3,(H,17,18). The van der Waals surface area contributed by atoms with E-state index in [0.29, 0.717) is 17.1 Å². The van der Waals surface area contributed by atoms with E-state index in [4.69, 9.17) is 9.47 Å². The first-order valence-electron chi connectivity index (χ1n) is 6.72. The maximum atomic E-state index is 12.3. The second-order valence-corrected chi connectivity index (χ2v) is 7.95. The third-order valence-corrected chi connectivity index (χ3v) is 4.95. The van der Waals surface area contributed by atoms with Gasteiger partial charge in [0.15, 0.2) is 17.0 Å². The molecule has 1 rings (SSSR count). The van der Waals surface area contributed by atoms with Crippen LogP contribution in [0.5, 0.6) is 11.5 Å². The summed E-state index contributed by atoms with van der Waals surface area (Å²) in [5.41, 5.74) is -1.09. The molecule has 0 saturated heterocycles. The van der Waals surface area contributed by atoms with Crippen molar-refractivity contribution < 1.29 is 23.6 Å². The zero-order valence-corrected chi connectivity index (χ0v) is 14.5. The molecule has 0 aromatic heterocycles. The van der Waals surface area contributed by atoms with Crippen LogP contribution in [0, 0.1) is 0 Å². The number of nitrogens with one attached hydrogen (secondary N) is 1. The van der Waals surface area contributed by atoms with E-state index in [1.807, 2.05) is 0 Å². The van der Waals surface area contributed by atoms with Crippen molar-refractivity contribution in [1.82, 2.24) is 4.72 Å². The van der Waals surface area contributed by atoms with E-state index in [2.05, 4.69) is 4.72 Å². The molecule has 2 atom stereocenters. The molecule has 0 fully saturated rings. The minimum Gasteiger partial charge on any atom is -0.493 e. The molecule has 0 spiro atoms. The molecule has 0 aliphatic carbocycles. The maximum absolute atomic E-state index is 12.3. The number of hydrogen-bond acceptors (Lipinski definition) is 4. The highest BCUT2D eigenvalue weighted by Crippen LogP contribution is 2.33. The van der Waals surface area contributed by atoms with Crippen molar-refractivity contribution in [2.75, 3.05) is 14.2 Å². The summed E-state index contributed by atoms with van der Waals surface area (Å²) in [6.07, 6.45) is 0. The van der Waals surface area contributed by atoms with E-state index >= 15 is 0 Å². The van der Waals surface area contributed by atoms with Crippen molar-refractivity contribution in [1.29, 1.82) is 0 Å². The summed E-state index contributed by atoms with van der Waals surface area (Å²) in [6, 6.07) is 4.80. The molecule has 2 unspecified atom stereocenters. The predicted octanol–water partition coefficient (Wildman–Crippen LogP) is 2.06. The van der Waals surface area contributed by atoms with E-state index in [1.54, 1.807) is 39.0 Å². The van der Waals surface area contributed by atoms with Crippen LogP contribution < -0.4 is 14.2 Å². The van der Waals surface area contributed by atoms with Crippen LogP contribution in [-0.4, -0.2) is 34.3 Å². The van der Waals surface area contributed by atoms with Crippen LogP contribution in [0.15, 0.2) is 18.2 Å².